The van der Waals surface area contributed by atoms with Crippen LogP contribution in [0.3, 0.4) is 0 Å². The molecule has 0 atom stereocenters. The van der Waals surface area contributed by atoms with Crippen molar-refractivity contribution < 1.29 is 0 Å². The van der Waals surface area contributed by atoms with E-state index in [1.54, 1.807) is 14.0 Å². The Balaban J connectivity index is 0.000000561. The van der Waals surface area contributed by atoms with Gasteiger partial charge in [0.15, 0.2) is 0 Å². The average Bonchev–Trinajstić information content (AvgIpc) is 2.12. The number of hydrogen-bond acceptors (Lipinski definition) is 2. The Hall–Kier alpha value is -1.12. The minimum absolute atomic E-state index is 0.0347. The van der Waals surface area contributed by atoms with Crippen LogP contribution in [0.4, 0.5) is 0 Å². The maximum absolute atomic E-state index is 11.1. The van der Waals surface area contributed by atoms with Crippen molar-refractivity contribution >= 4 is 0 Å². The highest BCUT2D eigenvalue weighted by Crippen LogP contribution is 1.92. The molecule has 0 saturated carbocycles. The average molecular weight is 168 g/mol. The third kappa shape index (κ3) is 2.19. The van der Waals surface area contributed by atoms with Crippen molar-refractivity contribution in [2.45, 2.75) is 27.7 Å². The predicted octanol–water partition coefficient (Wildman–Crippen LogP) is 1.42. The zero-order chi connectivity index (χ0) is 9.72. The third-order valence-electron chi connectivity index (χ3n) is 1.61. The van der Waals surface area contributed by atoms with E-state index < -0.39 is 0 Å². The Bertz CT molecular complexity index is 302. The fraction of sp³-hybridized carbons (Fsp3) is 0.556. The Morgan fingerprint density at radius 1 is 1.33 bits per heavy atom. The van der Waals surface area contributed by atoms with E-state index in [9.17, 15) is 4.79 Å². The van der Waals surface area contributed by atoms with Crippen LogP contribution in [0, 0.1) is 13.8 Å². The molecule has 0 radical (unpaired) electrons. The molecule has 3 nitrogen and oxygen atoms in total. The van der Waals surface area contributed by atoms with E-state index in [1.807, 2.05) is 20.8 Å². The highest BCUT2D eigenvalue weighted by atomic mass is 16.1. The molecule has 0 N–H and O–H groups in total. The van der Waals surface area contributed by atoms with E-state index in [-0.39, 0.29) is 5.56 Å². The van der Waals surface area contributed by atoms with Crippen LogP contribution in [0.5, 0.6) is 0 Å². The molecule has 0 fully saturated rings. The summed E-state index contributed by atoms with van der Waals surface area (Å²) < 4.78 is 1.47. The summed E-state index contributed by atoms with van der Waals surface area (Å²) in [5.74, 6) is 0. The lowest BCUT2D eigenvalue weighted by Crippen LogP contribution is -2.20. The second-order valence-corrected chi connectivity index (χ2v) is 2.37. The predicted molar refractivity (Wildman–Crippen MR) is 50.3 cm³/mol. The molecule has 0 spiro atoms. The lowest BCUT2D eigenvalue weighted by molar-refractivity contribution is 0.799. The van der Waals surface area contributed by atoms with Gasteiger partial charge in [-0.15, -0.1) is 0 Å². The van der Waals surface area contributed by atoms with Crippen molar-refractivity contribution in [1.82, 2.24) is 9.55 Å². The van der Waals surface area contributed by atoms with Crippen LogP contribution < -0.4 is 5.56 Å². The summed E-state index contributed by atoms with van der Waals surface area (Å²) in [4.78, 5) is 15.1. The lowest BCUT2D eigenvalue weighted by atomic mass is 10.3. The Kier molecular flexibility index (Phi) is 4.26. The molecule has 1 aromatic heterocycles. The molecule has 0 aliphatic heterocycles. The van der Waals surface area contributed by atoms with Crippen LogP contribution in [0.15, 0.2) is 11.1 Å². The molecule has 1 aromatic rings. The standard InChI is InChI=1S/C7H10N2O.C2H6/c1-5-6(2)8-4-9(3)7(5)10;1-2/h4H,1-3H3;1-2H3. The summed E-state index contributed by atoms with van der Waals surface area (Å²) in [6.45, 7) is 7.61. The first kappa shape index (κ1) is 10.9. The molecular weight excluding hydrogens is 152 g/mol. The summed E-state index contributed by atoms with van der Waals surface area (Å²) in [5, 5.41) is 0. The van der Waals surface area contributed by atoms with Crippen molar-refractivity contribution in [2.75, 3.05) is 0 Å². The number of hydrogen-bond donors (Lipinski definition) is 0. The van der Waals surface area contributed by atoms with E-state index in [1.165, 1.54) is 10.9 Å². The first-order chi connectivity index (χ1) is 5.63. The summed E-state index contributed by atoms with van der Waals surface area (Å²) in [5.41, 5.74) is 1.57. The smallest absolute Gasteiger partial charge is 0.256 e. The van der Waals surface area contributed by atoms with Gasteiger partial charge in [-0.2, -0.15) is 0 Å². The second-order valence-electron chi connectivity index (χ2n) is 2.37. The molecule has 12 heavy (non-hydrogen) atoms. The highest BCUT2D eigenvalue weighted by molar-refractivity contribution is 5.11. The topological polar surface area (TPSA) is 34.9 Å². The fourth-order valence-electron chi connectivity index (χ4n) is 0.742. The zero-order valence-electron chi connectivity index (χ0n) is 8.38. The SMILES string of the molecule is CC.Cc1ncn(C)c(=O)c1C. The number of aryl methyl sites for hydroxylation is 2. The zero-order valence-corrected chi connectivity index (χ0v) is 8.38. The Morgan fingerprint density at radius 2 is 1.83 bits per heavy atom. The maximum Gasteiger partial charge on any atom is 0.256 e. The van der Waals surface area contributed by atoms with Gasteiger partial charge >= 0.3 is 0 Å². The number of nitrogens with zero attached hydrogens (tertiary/aromatic N) is 2. The molecular formula is C9H16N2O. The fourth-order valence-corrected chi connectivity index (χ4v) is 0.742. The van der Waals surface area contributed by atoms with E-state index in [0.29, 0.717) is 0 Å². The number of aromatic nitrogens is 2. The molecule has 68 valence electrons. The lowest BCUT2D eigenvalue weighted by Gasteiger charge is -1.99. The molecule has 0 aromatic carbocycles. The van der Waals surface area contributed by atoms with Crippen molar-refractivity contribution in [3.05, 3.63) is 27.9 Å². The van der Waals surface area contributed by atoms with Gasteiger partial charge < -0.3 is 4.57 Å². The quantitative estimate of drug-likeness (QED) is 0.587. The van der Waals surface area contributed by atoms with Gasteiger partial charge in [-0.05, 0) is 13.8 Å². The highest BCUT2D eigenvalue weighted by Gasteiger charge is 1.98. The minimum Gasteiger partial charge on any atom is -0.302 e. The van der Waals surface area contributed by atoms with Gasteiger partial charge in [-0.25, -0.2) is 4.98 Å². The summed E-state index contributed by atoms with van der Waals surface area (Å²) in [6, 6.07) is 0. The monoisotopic (exact) mass is 168 g/mol. The Morgan fingerprint density at radius 3 is 2.25 bits per heavy atom. The molecule has 0 saturated heterocycles. The third-order valence-corrected chi connectivity index (χ3v) is 1.61. The first-order valence-electron chi connectivity index (χ1n) is 4.11. The molecule has 0 unspecified atom stereocenters. The minimum atomic E-state index is 0.0347. The van der Waals surface area contributed by atoms with E-state index in [4.69, 9.17) is 0 Å². The van der Waals surface area contributed by atoms with Crippen LogP contribution in [0.2, 0.25) is 0 Å². The van der Waals surface area contributed by atoms with Crippen LogP contribution >= 0.6 is 0 Å². The van der Waals surface area contributed by atoms with Crippen molar-refractivity contribution in [1.29, 1.82) is 0 Å². The molecule has 0 bridgehead atoms. The van der Waals surface area contributed by atoms with Crippen LogP contribution in [0.1, 0.15) is 25.1 Å². The summed E-state index contributed by atoms with van der Waals surface area (Å²) >= 11 is 0. The maximum atomic E-state index is 11.1. The second kappa shape index (κ2) is 4.70. The molecule has 1 rings (SSSR count). The molecule has 3 heteroatoms. The van der Waals surface area contributed by atoms with Crippen LogP contribution in [0.25, 0.3) is 0 Å². The van der Waals surface area contributed by atoms with Crippen LogP contribution in [-0.2, 0) is 7.05 Å². The van der Waals surface area contributed by atoms with Gasteiger partial charge in [-0.1, -0.05) is 13.8 Å². The van der Waals surface area contributed by atoms with Gasteiger partial charge in [0.25, 0.3) is 5.56 Å². The normalized spacial score (nSPS) is 8.75. The first-order valence-corrected chi connectivity index (χ1v) is 4.11. The molecule has 0 aliphatic carbocycles. The molecule has 0 amide bonds. The van der Waals surface area contributed by atoms with Gasteiger partial charge in [-0.3, -0.25) is 4.79 Å². The van der Waals surface area contributed by atoms with Gasteiger partial charge in [0.2, 0.25) is 0 Å². The van der Waals surface area contributed by atoms with Gasteiger partial charge in [0.1, 0.15) is 0 Å². The van der Waals surface area contributed by atoms with Gasteiger partial charge in [0, 0.05) is 18.3 Å². The van der Waals surface area contributed by atoms with E-state index >= 15 is 0 Å². The van der Waals surface area contributed by atoms with Crippen molar-refractivity contribution in [2.24, 2.45) is 7.05 Å². The van der Waals surface area contributed by atoms with Crippen molar-refractivity contribution in [3.8, 4) is 0 Å². The van der Waals surface area contributed by atoms with Gasteiger partial charge in [0.05, 0.1) is 6.33 Å². The van der Waals surface area contributed by atoms with E-state index in [2.05, 4.69) is 4.98 Å². The van der Waals surface area contributed by atoms with Crippen LogP contribution in [-0.4, -0.2) is 9.55 Å². The summed E-state index contributed by atoms with van der Waals surface area (Å²) in [6.07, 6.45) is 1.53. The number of rotatable bonds is 0. The van der Waals surface area contributed by atoms with Crippen molar-refractivity contribution in [3.63, 3.8) is 0 Å². The molecule has 1 heterocycles. The largest absolute Gasteiger partial charge is 0.302 e. The summed E-state index contributed by atoms with van der Waals surface area (Å²) in [7, 11) is 1.70. The van der Waals surface area contributed by atoms with E-state index in [0.717, 1.165) is 11.3 Å². The Labute approximate surface area is 73.1 Å². The molecule has 0 aliphatic rings.